The van der Waals surface area contributed by atoms with Gasteiger partial charge in [-0.3, -0.25) is 9.69 Å². The molecule has 0 radical (unpaired) electrons. The van der Waals surface area contributed by atoms with Crippen LogP contribution in [-0.2, 0) is 17.0 Å². The summed E-state index contributed by atoms with van der Waals surface area (Å²) >= 11 is 3.45. The zero-order chi connectivity index (χ0) is 15.1. The fourth-order valence-corrected chi connectivity index (χ4v) is 3.97. The number of β-amino-alcohol motifs (C(OH)–C–C–N with tert-alkyl or cyclic N) is 1. The summed E-state index contributed by atoms with van der Waals surface area (Å²) in [5.41, 5.74) is 1.05. The Hall–Kier alpha value is -0.630. The zero-order valence-electron chi connectivity index (χ0n) is 12.4. The summed E-state index contributed by atoms with van der Waals surface area (Å²) in [5.74, 6) is 0.984. The molecule has 0 spiro atoms. The molecule has 1 fully saturated rings. The van der Waals surface area contributed by atoms with Crippen molar-refractivity contribution in [1.29, 1.82) is 0 Å². The minimum atomic E-state index is -0.281. The van der Waals surface area contributed by atoms with E-state index >= 15 is 0 Å². The highest BCUT2D eigenvalue weighted by Crippen LogP contribution is 2.15. The first-order valence-electron chi connectivity index (χ1n) is 7.26. The van der Waals surface area contributed by atoms with Crippen LogP contribution in [0.5, 0.6) is 0 Å². The number of aliphatic hydroxyl groups is 1. The number of carbonyl (C=O) groups is 1. The number of aromatic nitrogens is 1. The summed E-state index contributed by atoms with van der Waals surface area (Å²) in [7, 11) is 0. The van der Waals surface area contributed by atoms with Gasteiger partial charge in [-0.1, -0.05) is 0 Å². The minimum absolute atomic E-state index is 0.0312. The summed E-state index contributed by atoms with van der Waals surface area (Å²) in [6.07, 6.45) is 4.38. The first kappa shape index (κ1) is 16.7. The zero-order valence-corrected chi connectivity index (χ0v) is 14.0. The Bertz CT molecular complexity index is 453. The molecule has 1 atom stereocenters. The van der Waals surface area contributed by atoms with Crippen LogP contribution in [0.4, 0.5) is 0 Å². The predicted octanol–water partition coefficient (Wildman–Crippen LogP) is 1.12. The molecule has 21 heavy (non-hydrogen) atoms. The Labute approximate surface area is 134 Å². The molecule has 0 aromatic carbocycles. The third kappa shape index (κ3) is 5.94. The van der Waals surface area contributed by atoms with E-state index in [0.717, 1.165) is 42.3 Å². The number of aliphatic hydroxyl groups excluding tert-OH is 1. The number of rotatable bonds is 7. The van der Waals surface area contributed by atoms with Crippen molar-refractivity contribution in [2.45, 2.75) is 31.1 Å². The normalized spacial score (nSPS) is 19.6. The molecule has 118 valence electrons. The molecule has 5 nitrogen and oxygen atoms in total. The van der Waals surface area contributed by atoms with E-state index in [1.54, 1.807) is 23.1 Å². The lowest BCUT2D eigenvalue weighted by Gasteiger charge is -2.29. The molecule has 7 heteroatoms. The van der Waals surface area contributed by atoms with Crippen molar-refractivity contribution in [2.24, 2.45) is 0 Å². The molecule has 2 heterocycles. The third-order valence-corrected chi connectivity index (χ3v) is 5.06. The van der Waals surface area contributed by atoms with Crippen LogP contribution in [0.1, 0.15) is 23.5 Å². The summed E-state index contributed by atoms with van der Waals surface area (Å²) in [6, 6.07) is 0. The number of amides is 1. The summed E-state index contributed by atoms with van der Waals surface area (Å²) < 4.78 is 0. The molecule has 1 aromatic rings. The topological polar surface area (TPSA) is 65.5 Å². The largest absolute Gasteiger partial charge is 0.392 e. The number of hydrogen-bond acceptors (Lipinski definition) is 6. The molecule has 0 aliphatic carbocycles. The number of likely N-dealkylation sites (tertiary alicyclic amines) is 1. The average Bonchev–Trinajstić information content (AvgIpc) is 2.87. The van der Waals surface area contributed by atoms with E-state index in [0.29, 0.717) is 19.6 Å². The van der Waals surface area contributed by atoms with Gasteiger partial charge in [0, 0.05) is 30.6 Å². The number of nitrogens with zero attached hydrogens (tertiary/aromatic N) is 2. The number of hydrogen-bond donors (Lipinski definition) is 2. The number of thiazole rings is 1. The number of nitrogens with one attached hydrogen (secondary N) is 1. The van der Waals surface area contributed by atoms with Crippen LogP contribution >= 0.6 is 23.1 Å². The molecular weight excluding hydrogens is 306 g/mol. The molecule has 1 aliphatic rings. The molecule has 0 bridgehead atoms. The van der Waals surface area contributed by atoms with Gasteiger partial charge in [-0.15, -0.1) is 11.3 Å². The smallest absolute Gasteiger partial charge is 0.234 e. The standard InChI is InChI=1S/C14H23N3O2S2/c1-20-10-14-16-11(9-21-14)4-5-15-13(19)8-17-6-2-3-12(18)7-17/h9,12,18H,2-8,10H2,1H3,(H,15,19)/t12-/m1/s1. The molecule has 1 saturated heterocycles. The molecule has 1 amide bonds. The van der Waals surface area contributed by atoms with Crippen molar-refractivity contribution >= 4 is 29.0 Å². The van der Waals surface area contributed by atoms with E-state index in [2.05, 4.69) is 21.9 Å². The van der Waals surface area contributed by atoms with Crippen molar-refractivity contribution in [2.75, 3.05) is 32.4 Å². The first-order chi connectivity index (χ1) is 10.2. The molecule has 0 saturated carbocycles. The molecule has 2 rings (SSSR count). The van der Waals surface area contributed by atoms with Gasteiger partial charge in [0.05, 0.1) is 18.3 Å². The fraction of sp³-hybridized carbons (Fsp3) is 0.714. The lowest BCUT2D eigenvalue weighted by molar-refractivity contribution is -0.122. The van der Waals surface area contributed by atoms with Gasteiger partial charge in [-0.2, -0.15) is 11.8 Å². The maximum absolute atomic E-state index is 11.9. The van der Waals surface area contributed by atoms with Crippen LogP contribution in [0.2, 0.25) is 0 Å². The second kappa shape index (κ2) is 8.73. The molecule has 1 aromatic heterocycles. The first-order valence-corrected chi connectivity index (χ1v) is 9.54. The summed E-state index contributed by atoms with van der Waals surface area (Å²) in [4.78, 5) is 18.4. The minimum Gasteiger partial charge on any atom is -0.392 e. The monoisotopic (exact) mass is 329 g/mol. The van der Waals surface area contributed by atoms with Crippen molar-refractivity contribution < 1.29 is 9.90 Å². The van der Waals surface area contributed by atoms with Crippen LogP contribution in [0, 0.1) is 0 Å². The highest BCUT2D eigenvalue weighted by Gasteiger charge is 2.19. The van der Waals surface area contributed by atoms with Crippen molar-refractivity contribution in [1.82, 2.24) is 15.2 Å². The molecular formula is C14H23N3O2S2. The highest BCUT2D eigenvalue weighted by atomic mass is 32.2. The maximum atomic E-state index is 11.9. The van der Waals surface area contributed by atoms with Gasteiger partial charge in [-0.05, 0) is 25.6 Å². The Morgan fingerprint density at radius 3 is 3.29 bits per heavy atom. The quantitative estimate of drug-likeness (QED) is 0.785. The molecule has 1 aliphatic heterocycles. The second-order valence-corrected chi connectivity index (χ2v) is 7.11. The van der Waals surface area contributed by atoms with Gasteiger partial charge in [0.1, 0.15) is 5.01 Å². The second-order valence-electron chi connectivity index (χ2n) is 5.30. The van der Waals surface area contributed by atoms with E-state index in [1.807, 2.05) is 4.90 Å². The van der Waals surface area contributed by atoms with Crippen LogP contribution in [0.3, 0.4) is 0 Å². The fourth-order valence-electron chi connectivity index (χ4n) is 2.42. The van der Waals surface area contributed by atoms with Gasteiger partial charge in [0.2, 0.25) is 5.91 Å². The van der Waals surface area contributed by atoms with Gasteiger partial charge in [0.25, 0.3) is 0 Å². The lowest BCUT2D eigenvalue weighted by Crippen LogP contribution is -2.44. The van der Waals surface area contributed by atoms with Gasteiger partial charge >= 0.3 is 0 Å². The van der Waals surface area contributed by atoms with Crippen LogP contribution in [0.25, 0.3) is 0 Å². The number of carbonyl (C=O) groups excluding carboxylic acids is 1. The van der Waals surface area contributed by atoms with E-state index in [9.17, 15) is 9.90 Å². The Morgan fingerprint density at radius 1 is 1.67 bits per heavy atom. The predicted molar refractivity (Wildman–Crippen MR) is 87.7 cm³/mol. The Balaban J connectivity index is 1.64. The Kier molecular flexibility index (Phi) is 6.95. The maximum Gasteiger partial charge on any atom is 0.234 e. The number of thioether (sulfide) groups is 1. The van der Waals surface area contributed by atoms with E-state index in [4.69, 9.17) is 0 Å². The van der Waals surface area contributed by atoms with Crippen LogP contribution < -0.4 is 5.32 Å². The lowest BCUT2D eigenvalue weighted by atomic mass is 10.1. The summed E-state index contributed by atoms with van der Waals surface area (Å²) in [6.45, 7) is 2.51. The van der Waals surface area contributed by atoms with E-state index in [-0.39, 0.29) is 12.0 Å². The molecule has 2 N–H and O–H groups in total. The highest BCUT2D eigenvalue weighted by molar-refractivity contribution is 7.97. The van der Waals surface area contributed by atoms with Crippen LogP contribution in [0.15, 0.2) is 5.38 Å². The van der Waals surface area contributed by atoms with Gasteiger partial charge < -0.3 is 10.4 Å². The van der Waals surface area contributed by atoms with E-state index in [1.165, 1.54) is 0 Å². The number of piperidine rings is 1. The average molecular weight is 329 g/mol. The Morgan fingerprint density at radius 2 is 2.52 bits per heavy atom. The van der Waals surface area contributed by atoms with E-state index < -0.39 is 0 Å². The van der Waals surface area contributed by atoms with Crippen molar-refractivity contribution in [3.63, 3.8) is 0 Å². The van der Waals surface area contributed by atoms with Gasteiger partial charge in [-0.25, -0.2) is 4.98 Å². The molecule has 0 unspecified atom stereocenters. The van der Waals surface area contributed by atoms with Crippen molar-refractivity contribution in [3.05, 3.63) is 16.1 Å². The van der Waals surface area contributed by atoms with Gasteiger partial charge in [0.15, 0.2) is 0 Å². The van der Waals surface area contributed by atoms with Crippen LogP contribution in [-0.4, -0.2) is 59.4 Å². The third-order valence-electron chi connectivity index (χ3n) is 3.42. The van der Waals surface area contributed by atoms with Crippen molar-refractivity contribution in [3.8, 4) is 0 Å². The summed E-state index contributed by atoms with van der Waals surface area (Å²) in [5, 5.41) is 15.7. The SMILES string of the molecule is CSCc1nc(CCNC(=O)CN2CCC[C@@H](O)C2)cs1.